The number of rotatable bonds is 3. The van der Waals surface area contributed by atoms with Gasteiger partial charge in [-0.05, 0) is 35.4 Å². The molecule has 2 nitrogen and oxygen atoms in total. The molecule has 0 aliphatic rings. The number of amides is 1. The van der Waals surface area contributed by atoms with E-state index in [1.165, 1.54) is 48.5 Å². The van der Waals surface area contributed by atoms with E-state index in [1.54, 1.807) is 0 Å². The molecule has 0 unspecified atom stereocenters. The monoisotopic (exact) mass is 247 g/mol. The quantitative estimate of drug-likeness (QED) is 0.890. The van der Waals surface area contributed by atoms with E-state index in [0.717, 1.165) is 0 Å². The number of benzene rings is 2. The van der Waals surface area contributed by atoms with Gasteiger partial charge in [0.2, 0.25) is 5.91 Å². The van der Waals surface area contributed by atoms with Gasteiger partial charge in [0.05, 0.1) is 5.92 Å². The summed E-state index contributed by atoms with van der Waals surface area (Å²) >= 11 is 0. The molecule has 0 aromatic heterocycles. The Labute approximate surface area is 103 Å². The smallest absolute Gasteiger partial charge is 0.229 e. The van der Waals surface area contributed by atoms with E-state index >= 15 is 0 Å². The highest BCUT2D eigenvalue weighted by molar-refractivity contribution is 5.85. The van der Waals surface area contributed by atoms with Crippen molar-refractivity contribution >= 4 is 5.91 Å². The van der Waals surface area contributed by atoms with E-state index in [2.05, 4.69) is 0 Å². The molecule has 0 atom stereocenters. The van der Waals surface area contributed by atoms with Crippen molar-refractivity contribution in [2.75, 3.05) is 0 Å². The maximum atomic E-state index is 12.8. The zero-order valence-electron chi connectivity index (χ0n) is 9.44. The van der Waals surface area contributed by atoms with Gasteiger partial charge in [0.1, 0.15) is 11.6 Å². The lowest BCUT2D eigenvalue weighted by molar-refractivity contribution is -0.118. The van der Waals surface area contributed by atoms with Crippen LogP contribution in [-0.2, 0) is 4.79 Å². The van der Waals surface area contributed by atoms with Crippen LogP contribution in [0, 0.1) is 11.6 Å². The standard InChI is InChI=1S/C14H11F2NO/c15-11-5-1-9(2-6-11)13(14(17)18)10-3-7-12(16)8-4-10/h1-8,13H,(H2,17,18). The number of carbonyl (C=O) groups is 1. The normalized spacial score (nSPS) is 10.6. The summed E-state index contributed by atoms with van der Waals surface area (Å²) in [5.41, 5.74) is 6.51. The van der Waals surface area contributed by atoms with Gasteiger partial charge in [-0.25, -0.2) is 8.78 Å². The van der Waals surface area contributed by atoms with Crippen LogP contribution in [0.2, 0.25) is 0 Å². The fourth-order valence-electron chi connectivity index (χ4n) is 1.83. The molecular formula is C14H11F2NO. The van der Waals surface area contributed by atoms with E-state index in [4.69, 9.17) is 5.73 Å². The predicted octanol–water partition coefficient (Wildman–Crippen LogP) is 2.58. The molecule has 2 rings (SSSR count). The molecule has 0 radical (unpaired) electrons. The average Bonchev–Trinajstić information content (AvgIpc) is 2.34. The first kappa shape index (κ1) is 12.2. The van der Waals surface area contributed by atoms with Crippen LogP contribution in [0.25, 0.3) is 0 Å². The number of carbonyl (C=O) groups excluding carboxylic acids is 1. The summed E-state index contributed by atoms with van der Waals surface area (Å²) in [6.45, 7) is 0. The zero-order valence-corrected chi connectivity index (χ0v) is 9.44. The Kier molecular flexibility index (Phi) is 3.37. The number of primary amides is 1. The summed E-state index contributed by atoms with van der Waals surface area (Å²) in [5.74, 6) is -2.04. The molecule has 18 heavy (non-hydrogen) atoms. The number of hydrogen-bond acceptors (Lipinski definition) is 1. The van der Waals surface area contributed by atoms with Crippen LogP contribution >= 0.6 is 0 Å². The highest BCUT2D eigenvalue weighted by atomic mass is 19.1. The number of hydrogen-bond donors (Lipinski definition) is 1. The average molecular weight is 247 g/mol. The first-order valence-electron chi connectivity index (χ1n) is 5.38. The SMILES string of the molecule is NC(=O)C(c1ccc(F)cc1)c1ccc(F)cc1. The molecule has 0 aliphatic carbocycles. The van der Waals surface area contributed by atoms with Crippen molar-refractivity contribution in [1.82, 2.24) is 0 Å². The fourth-order valence-corrected chi connectivity index (χ4v) is 1.83. The Bertz CT molecular complexity index is 504. The van der Waals surface area contributed by atoms with E-state index < -0.39 is 11.8 Å². The molecule has 2 aromatic carbocycles. The molecule has 0 saturated heterocycles. The summed E-state index contributed by atoms with van der Waals surface area (Å²) in [6.07, 6.45) is 0. The third kappa shape index (κ3) is 2.53. The fraction of sp³-hybridized carbons (Fsp3) is 0.0714. The second-order valence-electron chi connectivity index (χ2n) is 3.94. The molecule has 0 aliphatic heterocycles. The maximum Gasteiger partial charge on any atom is 0.229 e. The van der Waals surface area contributed by atoms with Crippen LogP contribution in [0.15, 0.2) is 48.5 Å². The minimum atomic E-state index is -0.703. The van der Waals surface area contributed by atoms with Crippen molar-refractivity contribution in [2.45, 2.75) is 5.92 Å². The zero-order chi connectivity index (χ0) is 13.1. The highest BCUT2D eigenvalue weighted by Gasteiger charge is 2.20. The van der Waals surface area contributed by atoms with Gasteiger partial charge in [-0.3, -0.25) is 4.79 Å². The van der Waals surface area contributed by atoms with Crippen molar-refractivity contribution in [1.29, 1.82) is 0 Å². The molecule has 1 amide bonds. The van der Waals surface area contributed by atoms with E-state index in [1.807, 2.05) is 0 Å². The third-order valence-corrected chi connectivity index (χ3v) is 2.69. The molecule has 0 bridgehead atoms. The molecule has 0 fully saturated rings. The highest BCUT2D eigenvalue weighted by Crippen LogP contribution is 2.24. The van der Waals surface area contributed by atoms with Crippen LogP contribution in [0.5, 0.6) is 0 Å². The van der Waals surface area contributed by atoms with E-state index in [0.29, 0.717) is 11.1 Å². The molecule has 4 heteroatoms. The molecule has 2 aromatic rings. The Morgan fingerprint density at radius 1 is 0.833 bits per heavy atom. The molecule has 0 spiro atoms. The van der Waals surface area contributed by atoms with E-state index in [-0.39, 0.29) is 11.6 Å². The molecule has 0 heterocycles. The summed E-state index contributed by atoms with van der Waals surface area (Å²) in [5, 5.41) is 0. The second-order valence-corrected chi connectivity index (χ2v) is 3.94. The lowest BCUT2D eigenvalue weighted by atomic mass is 9.91. The Balaban J connectivity index is 2.43. The number of nitrogens with two attached hydrogens (primary N) is 1. The largest absolute Gasteiger partial charge is 0.369 e. The van der Waals surface area contributed by atoms with Crippen LogP contribution in [-0.4, -0.2) is 5.91 Å². The van der Waals surface area contributed by atoms with Crippen molar-refractivity contribution in [3.8, 4) is 0 Å². The summed E-state index contributed by atoms with van der Waals surface area (Å²) < 4.78 is 25.7. The second kappa shape index (κ2) is 4.96. The predicted molar refractivity (Wildman–Crippen MR) is 63.8 cm³/mol. The van der Waals surface area contributed by atoms with Gasteiger partial charge < -0.3 is 5.73 Å². The summed E-state index contributed by atoms with van der Waals surface area (Å²) in [6, 6.07) is 11.0. The van der Waals surface area contributed by atoms with Gasteiger partial charge in [-0.2, -0.15) is 0 Å². The van der Waals surface area contributed by atoms with E-state index in [9.17, 15) is 13.6 Å². The van der Waals surface area contributed by atoms with Crippen LogP contribution in [0.1, 0.15) is 17.0 Å². The first-order valence-corrected chi connectivity index (χ1v) is 5.38. The van der Waals surface area contributed by atoms with Gasteiger partial charge in [0.15, 0.2) is 0 Å². The van der Waals surface area contributed by atoms with Crippen molar-refractivity contribution < 1.29 is 13.6 Å². The lowest BCUT2D eigenvalue weighted by Crippen LogP contribution is -2.22. The molecule has 2 N–H and O–H groups in total. The first-order chi connectivity index (χ1) is 8.58. The van der Waals surface area contributed by atoms with Gasteiger partial charge in [-0.15, -0.1) is 0 Å². The minimum absolute atomic E-state index is 0.388. The maximum absolute atomic E-state index is 12.8. The van der Waals surface area contributed by atoms with Gasteiger partial charge in [0, 0.05) is 0 Å². The van der Waals surface area contributed by atoms with Gasteiger partial charge in [-0.1, -0.05) is 24.3 Å². The minimum Gasteiger partial charge on any atom is -0.369 e. The van der Waals surface area contributed by atoms with Crippen molar-refractivity contribution in [3.63, 3.8) is 0 Å². The van der Waals surface area contributed by atoms with Crippen LogP contribution in [0.4, 0.5) is 8.78 Å². The summed E-state index contributed by atoms with van der Waals surface area (Å²) in [4.78, 5) is 11.5. The number of halogens is 2. The Morgan fingerprint density at radius 3 is 1.44 bits per heavy atom. The van der Waals surface area contributed by atoms with Crippen molar-refractivity contribution in [2.24, 2.45) is 5.73 Å². The van der Waals surface area contributed by atoms with Gasteiger partial charge >= 0.3 is 0 Å². The molecule has 92 valence electrons. The van der Waals surface area contributed by atoms with Crippen LogP contribution in [0.3, 0.4) is 0 Å². The molecular weight excluding hydrogens is 236 g/mol. The van der Waals surface area contributed by atoms with Gasteiger partial charge in [0.25, 0.3) is 0 Å². The van der Waals surface area contributed by atoms with Crippen molar-refractivity contribution in [3.05, 3.63) is 71.3 Å². The Morgan fingerprint density at radius 2 is 1.17 bits per heavy atom. The third-order valence-electron chi connectivity index (χ3n) is 2.69. The summed E-state index contributed by atoms with van der Waals surface area (Å²) in [7, 11) is 0. The lowest BCUT2D eigenvalue weighted by Gasteiger charge is -2.14. The topological polar surface area (TPSA) is 43.1 Å². The molecule has 0 saturated carbocycles. The Hall–Kier alpha value is -2.23. The van der Waals surface area contributed by atoms with Crippen LogP contribution < -0.4 is 5.73 Å².